The molecule has 0 aliphatic carbocycles. The first-order chi connectivity index (χ1) is 9.82. The van der Waals surface area contributed by atoms with Crippen molar-refractivity contribution in [3.05, 3.63) is 57.8 Å². The summed E-state index contributed by atoms with van der Waals surface area (Å²) >= 11 is 11.8. The van der Waals surface area contributed by atoms with Crippen LogP contribution in [0.5, 0.6) is 0 Å². The molecule has 0 saturated carbocycles. The number of rotatable bonds is 3. The number of nitrogens with zero attached hydrogens (tertiary/aromatic N) is 1. The van der Waals surface area contributed by atoms with Gasteiger partial charge in [-0.1, -0.05) is 53.5 Å². The van der Waals surface area contributed by atoms with Crippen LogP contribution in [0.15, 0.2) is 36.4 Å². The summed E-state index contributed by atoms with van der Waals surface area (Å²) in [6, 6.07) is 10.7. The lowest BCUT2D eigenvalue weighted by atomic mass is 9.92. The Morgan fingerprint density at radius 2 is 1.90 bits per heavy atom. The molecule has 21 heavy (non-hydrogen) atoms. The molecule has 1 aromatic heterocycles. The van der Waals surface area contributed by atoms with E-state index in [4.69, 9.17) is 28.9 Å². The van der Waals surface area contributed by atoms with Crippen molar-refractivity contribution in [2.45, 2.75) is 19.4 Å². The summed E-state index contributed by atoms with van der Waals surface area (Å²) in [6.07, 6.45) is 0. The standard InChI is InChI=1S/C15H15Cl2N3O/c1-9-8-11(16)19-13(17)12(9)20-14(21)15(2,18)10-6-4-3-5-7-10/h3-8H,18H2,1-2H3,(H,20,21). The lowest BCUT2D eigenvalue weighted by Gasteiger charge is -2.24. The molecule has 1 unspecified atom stereocenters. The summed E-state index contributed by atoms with van der Waals surface area (Å²) in [7, 11) is 0. The van der Waals surface area contributed by atoms with Crippen molar-refractivity contribution >= 4 is 34.8 Å². The highest BCUT2D eigenvalue weighted by atomic mass is 35.5. The minimum atomic E-state index is -1.18. The van der Waals surface area contributed by atoms with Gasteiger partial charge in [0.25, 0.3) is 0 Å². The molecule has 3 N–H and O–H groups in total. The third kappa shape index (κ3) is 3.35. The Kier molecular flexibility index (Phi) is 4.52. The number of halogens is 2. The molecule has 1 heterocycles. The van der Waals surface area contributed by atoms with Crippen molar-refractivity contribution in [2.24, 2.45) is 5.73 Å². The zero-order valence-electron chi connectivity index (χ0n) is 11.7. The average molecular weight is 324 g/mol. The van der Waals surface area contributed by atoms with E-state index in [2.05, 4.69) is 10.3 Å². The first-order valence-electron chi connectivity index (χ1n) is 6.31. The molecular formula is C15H15Cl2N3O. The number of carbonyl (C=O) groups excluding carboxylic acids is 1. The van der Waals surface area contributed by atoms with Crippen LogP contribution in [0.1, 0.15) is 18.1 Å². The highest BCUT2D eigenvalue weighted by Crippen LogP contribution is 2.28. The van der Waals surface area contributed by atoms with Crippen LogP contribution in [-0.4, -0.2) is 10.9 Å². The van der Waals surface area contributed by atoms with Crippen LogP contribution < -0.4 is 11.1 Å². The first-order valence-corrected chi connectivity index (χ1v) is 7.06. The van der Waals surface area contributed by atoms with Crippen LogP contribution in [0, 0.1) is 6.92 Å². The van der Waals surface area contributed by atoms with Crippen LogP contribution in [0.2, 0.25) is 10.3 Å². The summed E-state index contributed by atoms with van der Waals surface area (Å²) in [5.41, 5.74) is 6.82. The molecule has 0 aliphatic heterocycles. The summed E-state index contributed by atoms with van der Waals surface area (Å²) in [6.45, 7) is 3.43. The van der Waals surface area contributed by atoms with Crippen molar-refractivity contribution in [1.82, 2.24) is 4.98 Å². The number of benzene rings is 1. The van der Waals surface area contributed by atoms with E-state index in [-0.39, 0.29) is 16.2 Å². The molecule has 0 aliphatic rings. The lowest BCUT2D eigenvalue weighted by Crippen LogP contribution is -2.45. The number of aromatic nitrogens is 1. The van der Waals surface area contributed by atoms with Crippen molar-refractivity contribution in [3.63, 3.8) is 0 Å². The highest BCUT2D eigenvalue weighted by molar-refractivity contribution is 6.34. The van der Waals surface area contributed by atoms with Crippen molar-refractivity contribution in [3.8, 4) is 0 Å². The van der Waals surface area contributed by atoms with E-state index >= 15 is 0 Å². The molecule has 110 valence electrons. The Morgan fingerprint density at radius 3 is 2.48 bits per heavy atom. The molecule has 0 saturated heterocycles. The maximum atomic E-state index is 12.5. The number of hydrogen-bond acceptors (Lipinski definition) is 3. The zero-order valence-corrected chi connectivity index (χ0v) is 13.2. The number of amides is 1. The van der Waals surface area contributed by atoms with Gasteiger partial charge in [-0.15, -0.1) is 0 Å². The minimum Gasteiger partial charge on any atom is -0.321 e. The molecule has 2 aromatic rings. The van der Waals surface area contributed by atoms with Gasteiger partial charge in [0.2, 0.25) is 5.91 Å². The normalized spacial score (nSPS) is 13.6. The second-order valence-corrected chi connectivity index (χ2v) is 5.70. The Labute approximate surface area is 133 Å². The van der Waals surface area contributed by atoms with Gasteiger partial charge in [0, 0.05) is 0 Å². The van der Waals surface area contributed by atoms with E-state index in [1.807, 2.05) is 18.2 Å². The quantitative estimate of drug-likeness (QED) is 0.849. The van der Waals surface area contributed by atoms with Crippen LogP contribution in [0.3, 0.4) is 0 Å². The summed E-state index contributed by atoms with van der Waals surface area (Å²) in [5, 5.41) is 3.14. The average Bonchev–Trinajstić information content (AvgIpc) is 2.43. The van der Waals surface area contributed by atoms with E-state index < -0.39 is 5.54 Å². The number of nitrogens with two attached hydrogens (primary N) is 1. The van der Waals surface area contributed by atoms with E-state index in [1.165, 1.54) is 0 Å². The molecular weight excluding hydrogens is 309 g/mol. The number of pyridine rings is 1. The fourth-order valence-electron chi connectivity index (χ4n) is 1.90. The summed E-state index contributed by atoms with van der Waals surface area (Å²) in [5.74, 6) is -0.372. The van der Waals surface area contributed by atoms with Crippen LogP contribution in [0.4, 0.5) is 5.69 Å². The predicted octanol–water partition coefficient (Wildman–Crippen LogP) is 3.51. The van der Waals surface area contributed by atoms with Crippen molar-refractivity contribution in [2.75, 3.05) is 5.32 Å². The zero-order chi connectivity index (χ0) is 15.6. The lowest BCUT2D eigenvalue weighted by molar-refractivity contribution is -0.120. The number of aryl methyl sites for hydroxylation is 1. The Bertz CT molecular complexity index is 649. The molecule has 1 amide bonds. The molecule has 4 nitrogen and oxygen atoms in total. The fraction of sp³-hybridized carbons (Fsp3) is 0.200. The number of carbonyl (C=O) groups is 1. The van der Waals surface area contributed by atoms with Gasteiger partial charge in [-0.25, -0.2) is 4.98 Å². The SMILES string of the molecule is Cc1cc(Cl)nc(Cl)c1NC(=O)C(C)(N)c1ccccc1. The predicted molar refractivity (Wildman–Crippen MR) is 85.6 cm³/mol. The topological polar surface area (TPSA) is 68.0 Å². The smallest absolute Gasteiger partial charge is 0.248 e. The van der Waals surface area contributed by atoms with Gasteiger partial charge in [0.15, 0.2) is 5.15 Å². The van der Waals surface area contributed by atoms with Gasteiger partial charge >= 0.3 is 0 Å². The van der Waals surface area contributed by atoms with E-state index in [1.54, 1.807) is 32.0 Å². The number of nitrogens with one attached hydrogen (secondary N) is 1. The van der Waals surface area contributed by atoms with E-state index in [0.717, 1.165) is 5.56 Å². The van der Waals surface area contributed by atoms with E-state index in [9.17, 15) is 4.79 Å². The van der Waals surface area contributed by atoms with E-state index in [0.29, 0.717) is 11.3 Å². The van der Waals surface area contributed by atoms with Gasteiger partial charge in [-0.05, 0) is 31.0 Å². The van der Waals surface area contributed by atoms with Crippen LogP contribution in [-0.2, 0) is 10.3 Å². The number of anilines is 1. The van der Waals surface area contributed by atoms with Crippen LogP contribution in [0.25, 0.3) is 0 Å². The summed E-state index contributed by atoms with van der Waals surface area (Å²) in [4.78, 5) is 16.4. The Morgan fingerprint density at radius 1 is 1.29 bits per heavy atom. The maximum Gasteiger partial charge on any atom is 0.248 e. The fourth-order valence-corrected chi connectivity index (χ4v) is 2.48. The third-order valence-corrected chi connectivity index (χ3v) is 3.69. The molecule has 1 aromatic carbocycles. The minimum absolute atomic E-state index is 0.136. The molecule has 6 heteroatoms. The second kappa shape index (κ2) is 6.02. The molecule has 1 atom stereocenters. The molecule has 0 fully saturated rings. The van der Waals surface area contributed by atoms with Gasteiger partial charge in [-0.3, -0.25) is 4.79 Å². The van der Waals surface area contributed by atoms with Gasteiger partial charge in [0.1, 0.15) is 10.7 Å². The van der Waals surface area contributed by atoms with Crippen LogP contribution >= 0.6 is 23.2 Å². The second-order valence-electron chi connectivity index (χ2n) is 4.95. The van der Waals surface area contributed by atoms with Gasteiger partial charge in [0.05, 0.1) is 5.69 Å². The third-order valence-electron chi connectivity index (χ3n) is 3.22. The van der Waals surface area contributed by atoms with Gasteiger partial charge < -0.3 is 11.1 Å². The molecule has 0 spiro atoms. The largest absolute Gasteiger partial charge is 0.321 e. The summed E-state index contributed by atoms with van der Waals surface area (Å²) < 4.78 is 0. The molecule has 2 rings (SSSR count). The number of hydrogen-bond donors (Lipinski definition) is 2. The Balaban J connectivity index is 2.30. The molecule has 0 radical (unpaired) electrons. The molecule has 0 bridgehead atoms. The van der Waals surface area contributed by atoms with Crippen molar-refractivity contribution < 1.29 is 4.79 Å². The van der Waals surface area contributed by atoms with Crippen molar-refractivity contribution in [1.29, 1.82) is 0 Å². The highest BCUT2D eigenvalue weighted by Gasteiger charge is 2.31. The first kappa shape index (κ1) is 15.8. The monoisotopic (exact) mass is 323 g/mol. The Hall–Kier alpha value is -1.62. The van der Waals surface area contributed by atoms with Gasteiger partial charge in [-0.2, -0.15) is 0 Å². The maximum absolute atomic E-state index is 12.5.